The van der Waals surface area contributed by atoms with Gasteiger partial charge in [0.05, 0.1) is 5.60 Å². The van der Waals surface area contributed by atoms with E-state index in [-0.39, 0.29) is 5.60 Å². The van der Waals surface area contributed by atoms with Gasteiger partial charge >= 0.3 is 6.16 Å². The first-order valence-electron chi connectivity index (χ1n) is 5.84. The van der Waals surface area contributed by atoms with Crippen molar-refractivity contribution in [3.63, 3.8) is 0 Å². The van der Waals surface area contributed by atoms with Gasteiger partial charge in [0.1, 0.15) is 11.7 Å². The zero-order valence-electron chi connectivity index (χ0n) is 11.6. The van der Waals surface area contributed by atoms with E-state index in [9.17, 15) is 4.79 Å². The molecule has 1 unspecified atom stereocenters. The summed E-state index contributed by atoms with van der Waals surface area (Å²) in [6.07, 6.45) is -0.456. The van der Waals surface area contributed by atoms with Gasteiger partial charge in [-0.05, 0) is 41.0 Å². The van der Waals surface area contributed by atoms with E-state index in [2.05, 4.69) is 4.74 Å². The summed E-state index contributed by atoms with van der Waals surface area (Å²) in [5, 5.41) is 8.48. The van der Waals surface area contributed by atoms with Crippen molar-refractivity contribution in [2.24, 2.45) is 0 Å². The first-order valence-corrected chi connectivity index (χ1v) is 5.84. The van der Waals surface area contributed by atoms with E-state index in [1.807, 2.05) is 34.6 Å². The summed E-state index contributed by atoms with van der Waals surface area (Å²) in [4.78, 5) is 21.1. The minimum Gasteiger partial charge on any atom is -0.450 e. The largest absolute Gasteiger partial charge is 0.506 e. The zero-order valence-corrected chi connectivity index (χ0v) is 11.6. The molecule has 5 nitrogen and oxygen atoms in total. The van der Waals surface area contributed by atoms with E-state index in [0.717, 1.165) is 6.42 Å². The highest BCUT2D eigenvalue weighted by molar-refractivity contribution is 5.57. The molecule has 102 valence electrons. The summed E-state index contributed by atoms with van der Waals surface area (Å²) in [6.45, 7) is 11.2. The lowest BCUT2D eigenvalue weighted by molar-refractivity contribution is -0.403. The molecule has 1 N–H and O–H groups in total. The summed E-state index contributed by atoms with van der Waals surface area (Å²) in [5.74, 6) is 0. The van der Waals surface area contributed by atoms with Crippen LogP contribution in [-0.4, -0.2) is 28.6 Å². The van der Waals surface area contributed by atoms with Gasteiger partial charge in [-0.25, -0.2) is 14.6 Å². The molecule has 0 aromatic carbocycles. The van der Waals surface area contributed by atoms with Crippen LogP contribution in [0.1, 0.15) is 54.4 Å². The Bertz CT molecular complexity index is 247. The van der Waals surface area contributed by atoms with Crippen LogP contribution in [0.5, 0.6) is 0 Å². The topological polar surface area (TPSA) is 65.0 Å². The van der Waals surface area contributed by atoms with Crippen molar-refractivity contribution in [2.45, 2.75) is 71.7 Å². The van der Waals surface area contributed by atoms with Gasteiger partial charge in [0.2, 0.25) is 0 Å². The lowest BCUT2D eigenvalue weighted by Gasteiger charge is -2.31. The van der Waals surface area contributed by atoms with Crippen LogP contribution in [0.25, 0.3) is 0 Å². The number of carbonyl (C=O) groups is 1. The average molecular weight is 248 g/mol. The average Bonchev–Trinajstić information content (AvgIpc) is 2.13. The van der Waals surface area contributed by atoms with Gasteiger partial charge < -0.3 is 9.84 Å². The maximum absolute atomic E-state index is 10.4. The monoisotopic (exact) mass is 248 g/mol. The maximum Gasteiger partial charge on any atom is 0.506 e. The Balaban J connectivity index is 4.15. The Morgan fingerprint density at radius 1 is 1.18 bits per heavy atom. The molecule has 0 aliphatic rings. The van der Waals surface area contributed by atoms with Gasteiger partial charge in [0.15, 0.2) is 0 Å². The first-order chi connectivity index (χ1) is 7.58. The van der Waals surface area contributed by atoms with Crippen LogP contribution in [0.4, 0.5) is 4.79 Å². The first kappa shape index (κ1) is 16.2. The number of hydrogen-bond donors (Lipinski definition) is 1. The Hall–Kier alpha value is -0.810. The second-order valence-corrected chi connectivity index (χ2v) is 5.44. The molecule has 0 saturated heterocycles. The molecule has 0 spiro atoms. The lowest BCUT2D eigenvalue weighted by Crippen LogP contribution is -2.35. The molecular formula is C12H24O5. The molecule has 0 amide bonds. The molecule has 0 aliphatic carbocycles. The van der Waals surface area contributed by atoms with Crippen LogP contribution < -0.4 is 0 Å². The third-order valence-electron chi connectivity index (χ3n) is 2.43. The SMILES string of the molecule is CCC(C)(C)OOC(C)(C)CC(C)OC(=O)O. The highest BCUT2D eigenvalue weighted by atomic mass is 17.2. The van der Waals surface area contributed by atoms with Crippen LogP contribution in [0.3, 0.4) is 0 Å². The molecule has 5 heteroatoms. The minimum absolute atomic E-state index is 0.353. The fraction of sp³-hybridized carbons (Fsp3) is 0.917. The van der Waals surface area contributed by atoms with Crippen molar-refractivity contribution < 1.29 is 24.4 Å². The van der Waals surface area contributed by atoms with E-state index < -0.39 is 17.9 Å². The van der Waals surface area contributed by atoms with Gasteiger partial charge in [-0.1, -0.05) is 6.92 Å². The molecule has 0 aromatic rings. The molecule has 17 heavy (non-hydrogen) atoms. The normalized spacial score (nSPS) is 14.5. The van der Waals surface area contributed by atoms with Crippen LogP contribution >= 0.6 is 0 Å². The van der Waals surface area contributed by atoms with Crippen LogP contribution in [0.2, 0.25) is 0 Å². The molecule has 0 radical (unpaired) electrons. The van der Waals surface area contributed by atoms with E-state index >= 15 is 0 Å². The van der Waals surface area contributed by atoms with Gasteiger partial charge in [0, 0.05) is 6.42 Å². The van der Waals surface area contributed by atoms with Gasteiger partial charge in [-0.2, -0.15) is 0 Å². The predicted molar refractivity (Wildman–Crippen MR) is 63.8 cm³/mol. The number of ether oxygens (including phenoxy) is 1. The van der Waals surface area contributed by atoms with Crippen LogP contribution in [-0.2, 0) is 14.5 Å². The molecule has 0 aliphatic heterocycles. The number of hydrogen-bond acceptors (Lipinski definition) is 4. The predicted octanol–water partition coefficient (Wildman–Crippen LogP) is 3.38. The third kappa shape index (κ3) is 7.99. The van der Waals surface area contributed by atoms with Gasteiger partial charge in [-0.15, -0.1) is 0 Å². The van der Waals surface area contributed by atoms with Gasteiger partial charge in [0.25, 0.3) is 0 Å². The molecular weight excluding hydrogens is 224 g/mol. The highest BCUT2D eigenvalue weighted by Gasteiger charge is 2.28. The summed E-state index contributed by atoms with van der Waals surface area (Å²) < 4.78 is 4.63. The molecule has 0 bridgehead atoms. The summed E-state index contributed by atoms with van der Waals surface area (Å²) >= 11 is 0. The molecule has 0 heterocycles. The van der Waals surface area contributed by atoms with E-state index in [1.165, 1.54) is 0 Å². The molecule has 0 fully saturated rings. The smallest absolute Gasteiger partial charge is 0.450 e. The zero-order chi connectivity index (χ0) is 13.7. The Morgan fingerprint density at radius 3 is 2.06 bits per heavy atom. The maximum atomic E-state index is 10.4. The minimum atomic E-state index is -1.27. The second kappa shape index (κ2) is 6.21. The lowest BCUT2D eigenvalue weighted by atomic mass is 10.0. The van der Waals surface area contributed by atoms with Crippen molar-refractivity contribution in [3.05, 3.63) is 0 Å². The van der Waals surface area contributed by atoms with Crippen LogP contribution in [0.15, 0.2) is 0 Å². The van der Waals surface area contributed by atoms with Crippen molar-refractivity contribution in [1.82, 2.24) is 0 Å². The summed E-state index contributed by atoms with van der Waals surface area (Å²) in [6, 6.07) is 0. The fourth-order valence-corrected chi connectivity index (χ4v) is 1.22. The second-order valence-electron chi connectivity index (χ2n) is 5.44. The summed E-state index contributed by atoms with van der Waals surface area (Å²) in [5.41, 5.74) is -0.949. The third-order valence-corrected chi connectivity index (χ3v) is 2.43. The van der Waals surface area contributed by atoms with Gasteiger partial charge in [-0.3, -0.25) is 0 Å². The molecule has 0 saturated carbocycles. The van der Waals surface area contributed by atoms with Crippen molar-refractivity contribution in [2.75, 3.05) is 0 Å². The van der Waals surface area contributed by atoms with E-state index in [4.69, 9.17) is 14.9 Å². The highest BCUT2D eigenvalue weighted by Crippen LogP contribution is 2.23. The molecule has 1 atom stereocenters. The Kier molecular flexibility index (Phi) is 5.92. The van der Waals surface area contributed by atoms with E-state index in [1.54, 1.807) is 6.92 Å². The number of rotatable bonds is 7. The standard InChI is InChI=1S/C12H24O5/c1-7-11(3,4)16-17-12(5,6)8-9(2)15-10(13)14/h9H,7-8H2,1-6H3,(H,13,14). The van der Waals surface area contributed by atoms with Crippen molar-refractivity contribution >= 4 is 6.16 Å². The quantitative estimate of drug-likeness (QED) is 0.425. The van der Waals surface area contributed by atoms with Crippen molar-refractivity contribution in [1.29, 1.82) is 0 Å². The Labute approximate surface area is 103 Å². The molecule has 0 rings (SSSR count). The fourth-order valence-electron chi connectivity index (χ4n) is 1.22. The number of carboxylic acid groups (broad SMARTS) is 1. The Morgan fingerprint density at radius 2 is 1.65 bits per heavy atom. The van der Waals surface area contributed by atoms with Crippen molar-refractivity contribution in [3.8, 4) is 0 Å². The molecule has 0 aromatic heterocycles. The summed E-state index contributed by atoms with van der Waals surface area (Å²) in [7, 11) is 0. The van der Waals surface area contributed by atoms with E-state index in [0.29, 0.717) is 6.42 Å². The van der Waals surface area contributed by atoms with Crippen LogP contribution in [0, 0.1) is 0 Å².